The van der Waals surface area contributed by atoms with Crippen LogP contribution < -0.4 is 5.32 Å². The number of rotatable bonds is 3. The molecule has 0 amide bonds. The molecule has 2 fully saturated rings. The fourth-order valence-electron chi connectivity index (χ4n) is 3.54. The van der Waals surface area contributed by atoms with E-state index in [-0.39, 0.29) is 0 Å². The summed E-state index contributed by atoms with van der Waals surface area (Å²) in [7, 11) is 0. The van der Waals surface area contributed by atoms with Gasteiger partial charge in [-0.1, -0.05) is 17.7 Å². The van der Waals surface area contributed by atoms with Crippen LogP contribution in [-0.2, 0) is 6.54 Å². The third kappa shape index (κ3) is 2.57. The van der Waals surface area contributed by atoms with Gasteiger partial charge >= 0.3 is 0 Å². The molecule has 2 aliphatic rings. The zero-order valence-corrected chi connectivity index (χ0v) is 12.5. The molecule has 0 unspecified atom stereocenters. The Bertz CT molecular complexity index is 615. The van der Waals surface area contributed by atoms with Crippen LogP contribution in [0, 0.1) is 11.8 Å². The van der Waals surface area contributed by atoms with E-state index in [9.17, 15) is 0 Å². The first-order valence-electron chi connectivity index (χ1n) is 7.36. The second-order valence-corrected chi connectivity index (χ2v) is 6.42. The summed E-state index contributed by atoms with van der Waals surface area (Å²) in [6.07, 6.45) is 3.27. The highest BCUT2D eigenvalue weighted by Crippen LogP contribution is 2.29. The van der Waals surface area contributed by atoms with Crippen LogP contribution in [0.2, 0.25) is 5.02 Å². The lowest BCUT2D eigenvalue weighted by Crippen LogP contribution is -2.26. The van der Waals surface area contributed by atoms with Gasteiger partial charge < -0.3 is 5.32 Å². The molecule has 1 N–H and O–H groups in total. The third-order valence-electron chi connectivity index (χ3n) is 4.57. The Morgan fingerprint density at radius 3 is 2.76 bits per heavy atom. The number of hydrogen-bond acceptors (Lipinski definition) is 4. The fourth-order valence-corrected chi connectivity index (χ4v) is 3.71. The van der Waals surface area contributed by atoms with E-state index >= 15 is 0 Å². The van der Waals surface area contributed by atoms with Crippen LogP contribution in [-0.4, -0.2) is 45.8 Å². The van der Waals surface area contributed by atoms with E-state index in [1.807, 2.05) is 12.1 Å². The molecule has 110 valence electrons. The minimum absolute atomic E-state index is 0.728. The van der Waals surface area contributed by atoms with Gasteiger partial charge in [0.05, 0.1) is 5.69 Å². The molecule has 4 rings (SSSR count). The summed E-state index contributed by atoms with van der Waals surface area (Å²) in [5, 5.41) is 8.45. The van der Waals surface area contributed by atoms with Gasteiger partial charge in [0.2, 0.25) is 0 Å². The first-order chi connectivity index (χ1) is 10.3. The minimum Gasteiger partial charge on any atom is -0.316 e. The molecule has 21 heavy (non-hydrogen) atoms. The summed E-state index contributed by atoms with van der Waals surface area (Å²) in [5.74, 6) is 1.62. The molecule has 1 aromatic carbocycles. The molecule has 0 radical (unpaired) electrons. The highest BCUT2D eigenvalue weighted by atomic mass is 35.5. The molecular formula is C15H18ClN5. The summed E-state index contributed by atoms with van der Waals surface area (Å²) in [6, 6.07) is 6.02. The highest BCUT2D eigenvalue weighted by Gasteiger charge is 2.35. The average Bonchev–Trinajstić information content (AvgIpc) is 3.16. The van der Waals surface area contributed by atoms with Gasteiger partial charge in [0.15, 0.2) is 0 Å². The smallest absolute Gasteiger partial charge is 0.138 e. The van der Waals surface area contributed by atoms with E-state index in [2.05, 4.69) is 26.4 Å². The molecule has 0 bridgehead atoms. The van der Waals surface area contributed by atoms with E-state index in [0.29, 0.717) is 0 Å². The quantitative estimate of drug-likeness (QED) is 0.935. The van der Waals surface area contributed by atoms with Gasteiger partial charge in [0.1, 0.15) is 12.7 Å². The highest BCUT2D eigenvalue weighted by molar-refractivity contribution is 6.30. The summed E-state index contributed by atoms with van der Waals surface area (Å²) >= 11 is 6.14. The van der Waals surface area contributed by atoms with Crippen molar-refractivity contribution >= 4 is 11.6 Å². The van der Waals surface area contributed by atoms with Crippen LogP contribution in [0.25, 0.3) is 5.69 Å². The molecule has 0 spiro atoms. The standard InChI is InChI=1S/C15H18ClN5/c16-14-2-1-11(15(3-14)21-10-18-9-19-21)6-20-7-12-4-17-5-13(12)8-20/h1-3,9-10,12-13,17H,4-8H2/t12-,13+. The summed E-state index contributed by atoms with van der Waals surface area (Å²) in [4.78, 5) is 6.58. The number of likely N-dealkylation sites (tertiary alicyclic amines) is 1. The lowest BCUT2D eigenvalue weighted by molar-refractivity contribution is 0.305. The molecule has 1 aromatic heterocycles. The molecule has 0 aliphatic carbocycles. The second kappa shape index (κ2) is 5.40. The van der Waals surface area contributed by atoms with E-state index < -0.39 is 0 Å². The maximum atomic E-state index is 6.14. The van der Waals surface area contributed by atoms with Crippen LogP contribution in [0.5, 0.6) is 0 Å². The third-order valence-corrected chi connectivity index (χ3v) is 4.81. The van der Waals surface area contributed by atoms with Crippen molar-refractivity contribution in [2.24, 2.45) is 11.8 Å². The SMILES string of the molecule is Clc1ccc(CN2C[C@H]3CNC[C@H]3C2)c(-n2cncn2)c1. The van der Waals surface area contributed by atoms with Gasteiger partial charge in [-0.25, -0.2) is 9.67 Å². The van der Waals surface area contributed by atoms with Gasteiger partial charge in [-0.15, -0.1) is 0 Å². The van der Waals surface area contributed by atoms with Crippen molar-refractivity contribution < 1.29 is 0 Å². The minimum atomic E-state index is 0.728. The van der Waals surface area contributed by atoms with Gasteiger partial charge in [-0.2, -0.15) is 5.10 Å². The molecule has 6 heteroatoms. The monoisotopic (exact) mass is 303 g/mol. The van der Waals surface area contributed by atoms with Crippen molar-refractivity contribution in [3.8, 4) is 5.69 Å². The molecule has 5 nitrogen and oxygen atoms in total. The van der Waals surface area contributed by atoms with Crippen LogP contribution in [0.15, 0.2) is 30.9 Å². The predicted molar refractivity (Wildman–Crippen MR) is 81.5 cm³/mol. The normalized spacial score (nSPS) is 25.4. The van der Waals surface area contributed by atoms with Crippen LogP contribution in [0.3, 0.4) is 0 Å². The number of nitrogens with one attached hydrogen (secondary N) is 1. The number of hydrogen-bond donors (Lipinski definition) is 1. The zero-order chi connectivity index (χ0) is 14.2. The van der Waals surface area contributed by atoms with Crippen molar-refractivity contribution in [1.29, 1.82) is 0 Å². The van der Waals surface area contributed by atoms with Crippen LogP contribution in [0.4, 0.5) is 0 Å². The number of halogens is 1. The Kier molecular flexibility index (Phi) is 3.41. The molecule has 2 saturated heterocycles. The maximum absolute atomic E-state index is 6.14. The first kappa shape index (κ1) is 13.2. The zero-order valence-electron chi connectivity index (χ0n) is 11.7. The molecule has 0 saturated carbocycles. The summed E-state index contributed by atoms with van der Waals surface area (Å²) < 4.78 is 1.79. The number of benzene rings is 1. The van der Waals surface area contributed by atoms with Crippen LogP contribution in [0.1, 0.15) is 5.56 Å². The van der Waals surface area contributed by atoms with E-state index in [4.69, 9.17) is 11.6 Å². The number of nitrogens with zero attached hydrogens (tertiary/aromatic N) is 4. The van der Waals surface area contributed by atoms with Crippen molar-refractivity contribution in [3.63, 3.8) is 0 Å². The van der Waals surface area contributed by atoms with Gasteiger partial charge in [0, 0.05) is 24.7 Å². The second-order valence-electron chi connectivity index (χ2n) is 5.99. The number of fused-ring (bicyclic) bond motifs is 1. The first-order valence-corrected chi connectivity index (χ1v) is 7.74. The molecule has 2 aromatic rings. The Morgan fingerprint density at radius 2 is 2.05 bits per heavy atom. The van der Waals surface area contributed by atoms with Crippen LogP contribution >= 0.6 is 11.6 Å². The van der Waals surface area contributed by atoms with E-state index in [1.165, 1.54) is 18.7 Å². The number of aromatic nitrogens is 3. The summed E-state index contributed by atoms with van der Waals surface area (Å²) in [6.45, 7) is 5.63. The van der Waals surface area contributed by atoms with Gasteiger partial charge in [0.25, 0.3) is 0 Å². The molecular weight excluding hydrogens is 286 g/mol. The Morgan fingerprint density at radius 1 is 1.24 bits per heavy atom. The Hall–Kier alpha value is -1.43. The lowest BCUT2D eigenvalue weighted by atomic mass is 10.0. The Balaban J connectivity index is 1.58. The predicted octanol–water partition coefficient (Wildman–Crippen LogP) is 1.57. The average molecular weight is 304 g/mol. The van der Waals surface area contributed by atoms with Crippen molar-refractivity contribution in [2.45, 2.75) is 6.54 Å². The van der Waals surface area contributed by atoms with Gasteiger partial charge in [-0.05, 0) is 42.6 Å². The Labute approximate surface area is 128 Å². The maximum Gasteiger partial charge on any atom is 0.138 e. The van der Waals surface area contributed by atoms with Crippen molar-refractivity contribution in [3.05, 3.63) is 41.4 Å². The fraction of sp³-hybridized carbons (Fsp3) is 0.467. The van der Waals surface area contributed by atoms with E-state index in [0.717, 1.165) is 42.2 Å². The van der Waals surface area contributed by atoms with E-state index in [1.54, 1.807) is 17.3 Å². The molecule has 2 atom stereocenters. The topological polar surface area (TPSA) is 46.0 Å². The van der Waals surface area contributed by atoms with Crippen molar-refractivity contribution in [2.75, 3.05) is 26.2 Å². The molecule has 2 aliphatic heterocycles. The summed E-state index contributed by atoms with van der Waals surface area (Å²) in [5.41, 5.74) is 2.27. The largest absolute Gasteiger partial charge is 0.316 e. The molecule has 3 heterocycles. The lowest BCUT2D eigenvalue weighted by Gasteiger charge is -2.19. The van der Waals surface area contributed by atoms with Gasteiger partial charge in [-0.3, -0.25) is 4.90 Å². The van der Waals surface area contributed by atoms with Crippen molar-refractivity contribution in [1.82, 2.24) is 25.0 Å².